The van der Waals surface area contributed by atoms with E-state index in [4.69, 9.17) is 0 Å². The van der Waals surface area contributed by atoms with Gasteiger partial charge in [-0.25, -0.2) is 0 Å². The molecular weight excluding hydrogens is 170 g/mol. The molecule has 0 heterocycles. The third-order valence-electron chi connectivity index (χ3n) is 3.38. The highest BCUT2D eigenvalue weighted by molar-refractivity contribution is 4.99. The van der Waals surface area contributed by atoms with Gasteiger partial charge in [0.05, 0.1) is 0 Å². The van der Waals surface area contributed by atoms with Crippen LogP contribution in [-0.2, 0) is 0 Å². The Morgan fingerprint density at radius 3 is 2.57 bits per heavy atom. The molecule has 1 nitrogen and oxygen atoms in total. The van der Waals surface area contributed by atoms with E-state index in [0.29, 0.717) is 0 Å². The van der Waals surface area contributed by atoms with Gasteiger partial charge in [-0.2, -0.15) is 0 Å². The average molecular weight is 195 g/mol. The van der Waals surface area contributed by atoms with Gasteiger partial charge in [0.2, 0.25) is 0 Å². The van der Waals surface area contributed by atoms with Crippen LogP contribution in [0.4, 0.5) is 0 Å². The number of hydrogen-bond donors (Lipinski definition) is 1. The van der Waals surface area contributed by atoms with E-state index in [1.54, 1.807) is 0 Å². The van der Waals surface area contributed by atoms with Crippen LogP contribution in [0.1, 0.15) is 52.4 Å². The lowest BCUT2D eigenvalue weighted by molar-refractivity contribution is 0.227. The molecule has 1 atom stereocenters. The van der Waals surface area contributed by atoms with Crippen molar-refractivity contribution < 1.29 is 0 Å². The minimum atomic E-state index is 0.719. The first-order valence-electron chi connectivity index (χ1n) is 6.18. The summed E-state index contributed by atoms with van der Waals surface area (Å²) >= 11 is 0. The molecule has 0 aliphatic heterocycles. The van der Waals surface area contributed by atoms with Crippen molar-refractivity contribution in [1.29, 1.82) is 0 Å². The van der Waals surface area contributed by atoms with Crippen LogP contribution in [0.15, 0.2) is 12.2 Å². The summed E-state index contributed by atoms with van der Waals surface area (Å²) in [6, 6.07) is 0.719. The largest absolute Gasteiger partial charge is 0.313 e. The molecule has 0 amide bonds. The zero-order valence-electron chi connectivity index (χ0n) is 9.81. The summed E-state index contributed by atoms with van der Waals surface area (Å²) in [5.41, 5.74) is 1.41. The molecule has 1 heteroatoms. The summed E-state index contributed by atoms with van der Waals surface area (Å²) < 4.78 is 0. The molecule has 82 valence electrons. The van der Waals surface area contributed by atoms with E-state index in [-0.39, 0.29) is 0 Å². The molecule has 0 bridgehead atoms. The van der Waals surface area contributed by atoms with Gasteiger partial charge in [0.1, 0.15) is 0 Å². The first kappa shape index (κ1) is 11.8. The summed E-state index contributed by atoms with van der Waals surface area (Å²) in [7, 11) is 0. The van der Waals surface area contributed by atoms with Crippen LogP contribution in [0.25, 0.3) is 0 Å². The fourth-order valence-corrected chi connectivity index (χ4v) is 2.03. The Morgan fingerprint density at radius 1 is 1.43 bits per heavy atom. The van der Waals surface area contributed by atoms with E-state index >= 15 is 0 Å². The van der Waals surface area contributed by atoms with Crippen LogP contribution in [0.5, 0.6) is 0 Å². The van der Waals surface area contributed by atoms with Crippen molar-refractivity contribution in [2.75, 3.05) is 6.54 Å². The van der Waals surface area contributed by atoms with Crippen molar-refractivity contribution in [3.8, 4) is 0 Å². The summed E-state index contributed by atoms with van der Waals surface area (Å²) in [6.07, 6.45) is 7.87. The standard InChI is InChI=1S/C13H25N/c1-4-9-14-13(10-11(3)5-2)12-7-6-8-12/h12-14H,3-10H2,1-2H3. The van der Waals surface area contributed by atoms with Crippen molar-refractivity contribution >= 4 is 0 Å². The van der Waals surface area contributed by atoms with Crippen LogP contribution >= 0.6 is 0 Å². The zero-order chi connectivity index (χ0) is 10.4. The molecule has 0 spiro atoms. The van der Waals surface area contributed by atoms with Crippen molar-refractivity contribution in [1.82, 2.24) is 5.32 Å². The van der Waals surface area contributed by atoms with Crippen molar-refractivity contribution in [3.63, 3.8) is 0 Å². The van der Waals surface area contributed by atoms with Crippen LogP contribution < -0.4 is 5.32 Å². The summed E-state index contributed by atoms with van der Waals surface area (Å²) in [5.74, 6) is 0.935. The Morgan fingerprint density at radius 2 is 2.14 bits per heavy atom. The second-order valence-electron chi connectivity index (χ2n) is 4.56. The topological polar surface area (TPSA) is 12.0 Å². The lowest BCUT2D eigenvalue weighted by Crippen LogP contribution is -2.40. The predicted octanol–water partition coefficient (Wildman–Crippen LogP) is 3.51. The molecule has 0 aromatic rings. The van der Waals surface area contributed by atoms with E-state index < -0.39 is 0 Å². The number of rotatable bonds is 7. The van der Waals surface area contributed by atoms with Gasteiger partial charge in [-0.3, -0.25) is 0 Å². The maximum absolute atomic E-state index is 4.12. The van der Waals surface area contributed by atoms with Gasteiger partial charge in [0, 0.05) is 6.04 Å². The van der Waals surface area contributed by atoms with E-state index in [9.17, 15) is 0 Å². The molecule has 1 aliphatic rings. The summed E-state index contributed by atoms with van der Waals surface area (Å²) in [6.45, 7) is 9.73. The molecule has 1 N–H and O–H groups in total. The van der Waals surface area contributed by atoms with E-state index in [1.807, 2.05) is 0 Å². The SMILES string of the molecule is C=C(CC)CC(NCCC)C1CCC1. The van der Waals surface area contributed by atoms with Gasteiger partial charge in [-0.1, -0.05) is 32.4 Å². The van der Waals surface area contributed by atoms with Crippen LogP contribution in [0.2, 0.25) is 0 Å². The monoisotopic (exact) mass is 195 g/mol. The Labute approximate surface area is 89.0 Å². The van der Waals surface area contributed by atoms with Crippen LogP contribution in [0, 0.1) is 5.92 Å². The Balaban J connectivity index is 2.31. The average Bonchev–Trinajstić information content (AvgIpc) is 2.11. The minimum absolute atomic E-state index is 0.719. The van der Waals surface area contributed by atoms with Crippen LogP contribution in [-0.4, -0.2) is 12.6 Å². The molecule has 1 saturated carbocycles. The van der Waals surface area contributed by atoms with E-state index in [1.165, 1.54) is 37.7 Å². The highest BCUT2D eigenvalue weighted by atomic mass is 14.9. The molecule has 0 saturated heterocycles. The zero-order valence-corrected chi connectivity index (χ0v) is 9.81. The van der Waals surface area contributed by atoms with E-state index in [2.05, 4.69) is 25.7 Å². The van der Waals surface area contributed by atoms with Gasteiger partial charge in [-0.15, -0.1) is 0 Å². The van der Waals surface area contributed by atoms with Crippen molar-refractivity contribution in [2.45, 2.75) is 58.4 Å². The minimum Gasteiger partial charge on any atom is -0.313 e. The molecule has 1 unspecified atom stereocenters. The van der Waals surface area contributed by atoms with Crippen molar-refractivity contribution in [2.24, 2.45) is 5.92 Å². The second-order valence-corrected chi connectivity index (χ2v) is 4.56. The molecule has 0 radical (unpaired) electrons. The van der Waals surface area contributed by atoms with Gasteiger partial charge < -0.3 is 5.32 Å². The maximum Gasteiger partial charge on any atom is 0.0132 e. The first-order valence-corrected chi connectivity index (χ1v) is 6.18. The fraction of sp³-hybridized carbons (Fsp3) is 0.846. The Bertz CT molecular complexity index is 170. The fourth-order valence-electron chi connectivity index (χ4n) is 2.03. The van der Waals surface area contributed by atoms with Crippen molar-refractivity contribution in [3.05, 3.63) is 12.2 Å². The lowest BCUT2D eigenvalue weighted by atomic mass is 9.77. The highest BCUT2D eigenvalue weighted by Crippen LogP contribution is 2.32. The third-order valence-corrected chi connectivity index (χ3v) is 3.38. The molecular formula is C13H25N. The molecule has 14 heavy (non-hydrogen) atoms. The van der Waals surface area contributed by atoms with E-state index in [0.717, 1.165) is 24.9 Å². The summed E-state index contributed by atoms with van der Waals surface area (Å²) in [4.78, 5) is 0. The van der Waals surface area contributed by atoms with Gasteiger partial charge in [-0.05, 0) is 44.6 Å². The normalized spacial score (nSPS) is 19.0. The van der Waals surface area contributed by atoms with Crippen LogP contribution in [0.3, 0.4) is 0 Å². The summed E-state index contributed by atoms with van der Waals surface area (Å²) in [5, 5.41) is 3.68. The lowest BCUT2D eigenvalue weighted by Gasteiger charge is -2.35. The third kappa shape index (κ3) is 3.45. The molecule has 1 fully saturated rings. The van der Waals surface area contributed by atoms with Gasteiger partial charge >= 0.3 is 0 Å². The van der Waals surface area contributed by atoms with Gasteiger partial charge in [0.15, 0.2) is 0 Å². The molecule has 1 aliphatic carbocycles. The Hall–Kier alpha value is -0.300. The quantitative estimate of drug-likeness (QED) is 0.613. The van der Waals surface area contributed by atoms with Gasteiger partial charge in [0.25, 0.3) is 0 Å². The maximum atomic E-state index is 4.12. The molecule has 0 aromatic heterocycles. The second kappa shape index (κ2) is 6.23. The molecule has 1 rings (SSSR count). The first-order chi connectivity index (χ1) is 6.77. The molecule has 0 aromatic carbocycles. The smallest absolute Gasteiger partial charge is 0.0132 e. The number of nitrogens with one attached hydrogen (secondary N) is 1. The number of hydrogen-bond acceptors (Lipinski definition) is 1. The predicted molar refractivity (Wildman–Crippen MR) is 63.5 cm³/mol. The highest BCUT2D eigenvalue weighted by Gasteiger charge is 2.26. The Kier molecular flexibility index (Phi) is 5.24.